The Bertz CT molecular complexity index is 1410. The molecule has 1 fully saturated rings. The number of rotatable bonds is 6. The molecule has 0 spiro atoms. The van der Waals surface area contributed by atoms with Crippen LogP contribution in [0.1, 0.15) is 17.8 Å². The summed E-state index contributed by atoms with van der Waals surface area (Å²) in [5.74, 6) is -2.76. The number of alkyl halides is 4. The van der Waals surface area contributed by atoms with Gasteiger partial charge in [-0.05, 0) is 42.0 Å². The number of carbonyl (C=O) groups is 1. The molecule has 196 valence electrons. The predicted octanol–water partition coefficient (Wildman–Crippen LogP) is 3.77. The molecule has 0 bridgehead atoms. The van der Waals surface area contributed by atoms with Crippen molar-refractivity contribution in [3.63, 3.8) is 0 Å². The summed E-state index contributed by atoms with van der Waals surface area (Å²) in [6.07, 6.45) is -4.83. The van der Waals surface area contributed by atoms with E-state index in [1.54, 1.807) is 0 Å². The Balaban J connectivity index is 1.50. The maximum atomic E-state index is 14.2. The van der Waals surface area contributed by atoms with Crippen LogP contribution in [-0.4, -0.2) is 52.3 Å². The molecule has 2 unspecified atom stereocenters. The first kappa shape index (κ1) is 26.8. The summed E-state index contributed by atoms with van der Waals surface area (Å²) in [6, 6.07) is 5.39. The van der Waals surface area contributed by atoms with E-state index in [9.17, 15) is 35.2 Å². The van der Waals surface area contributed by atoms with Crippen LogP contribution < -0.4 is 5.32 Å². The van der Waals surface area contributed by atoms with Crippen molar-refractivity contribution in [2.45, 2.75) is 36.3 Å². The second-order valence-electron chi connectivity index (χ2n) is 8.07. The number of nitrogens with zero attached hydrogens (tertiary/aromatic N) is 4. The highest BCUT2D eigenvalue weighted by Gasteiger charge is 2.44. The van der Waals surface area contributed by atoms with Crippen LogP contribution in [0.5, 0.6) is 0 Å². The van der Waals surface area contributed by atoms with Gasteiger partial charge < -0.3 is 5.32 Å². The van der Waals surface area contributed by atoms with Crippen molar-refractivity contribution in [2.75, 3.05) is 6.54 Å². The molecule has 1 amide bonds. The van der Waals surface area contributed by atoms with Crippen molar-refractivity contribution < 1.29 is 35.2 Å². The van der Waals surface area contributed by atoms with E-state index < -0.39 is 52.5 Å². The Morgan fingerprint density at radius 2 is 1.78 bits per heavy atom. The van der Waals surface area contributed by atoms with Crippen LogP contribution in [0.15, 0.2) is 53.7 Å². The first-order chi connectivity index (χ1) is 17.3. The van der Waals surface area contributed by atoms with Crippen LogP contribution in [0, 0.1) is 5.82 Å². The van der Waals surface area contributed by atoms with E-state index in [4.69, 9.17) is 11.6 Å². The van der Waals surface area contributed by atoms with E-state index in [2.05, 4.69) is 20.3 Å². The molecule has 3 aromatic rings. The molecule has 15 heteroatoms. The Morgan fingerprint density at radius 3 is 2.41 bits per heavy atom. The van der Waals surface area contributed by atoms with Gasteiger partial charge in [-0.15, -0.1) is 0 Å². The number of nitrogens with one attached hydrogen (secondary N) is 1. The largest absolute Gasteiger partial charge is 0.451 e. The third-order valence-corrected chi connectivity index (χ3v) is 7.53. The second kappa shape index (κ2) is 10.3. The lowest BCUT2D eigenvalue weighted by molar-refractivity contribution is -0.145. The summed E-state index contributed by atoms with van der Waals surface area (Å²) in [4.78, 5) is 23.1. The molecule has 3 heterocycles. The Morgan fingerprint density at radius 1 is 1.14 bits per heavy atom. The van der Waals surface area contributed by atoms with Crippen molar-refractivity contribution in [1.82, 2.24) is 24.6 Å². The summed E-state index contributed by atoms with van der Waals surface area (Å²) >= 11 is 6.02. The first-order valence-electron chi connectivity index (χ1n) is 10.6. The van der Waals surface area contributed by atoms with Gasteiger partial charge in [0.2, 0.25) is 21.8 Å². The number of pyridine rings is 1. The minimum Gasteiger partial charge on any atom is -0.351 e. The highest BCUT2D eigenvalue weighted by Crippen LogP contribution is 2.29. The lowest BCUT2D eigenvalue weighted by atomic mass is 10.1. The SMILES string of the molecule is O=C(NCc1cc(Cl)nc(-c2cnc(C(F)(F)F)nc2)c1)C1CC(F)CN1S(=O)(=O)c1ccc(F)cc1. The smallest absolute Gasteiger partial charge is 0.351 e. The molecule has 4 rings (SSSR count). The van der Waals surface area contributed by atoms with E-state index in [0.717, 1.165) is 41.0 Å². The summed E-state index contributed by atoms with van der Waals surface area (Å²) in [6.45, 7) is -0.718. The van der Waals surface area contributed by atoms with Crippen molar-refractivity contribution in [2.24, 2.45) is 0 Å². The number of halogens is 6. The molecule has 8 nitrogen and oxygen atoms in total. The molecule has 1 aliphatic heterocycles. The highest BCUT2D eigenvalue weighted by molar-refractivity contribution is 7.89. The van der Waals surface area contributed by atoms with Crippen LogP contribution >= 0.6 is 11.6 Å². The van der Waals surface area contributed by atoms with Gasteiger partial charge in [-0.1, -0.05) is 11.6 Å². The molecule has 1 saturated heterocycles. The maximum Gasteiger partial charge on any atom is 0.451 e. The van der Waals surface area contributed by atoms with Crippen LogP contribution in [0.25, 0.3) is 11.3 Å². The van der Waals surface area contributed by atoms with Gasteiger partial charge in [-0.2, -0.15) is 17.5 Å². The average Bonchev–Trinajstić information content (AvgIpc) is 3.25. The van der Waals surface area contributed by atoms with Crippen molar-refractivity contribution >= 4 is 27.5 Å². The van der Waals surface area contributed by atoms with Crippen molar-refractivity contribution in [3.05, 3.63) is 71.2 Å². The lowest BCUT2D eigenvalue weighted by Gasteiger charge is -2.23. The molecule has 0 radical (unpaired) electrons. The molecule has 2 atom stereocenters. The summed E-state index contributed by atoms with van der Waals surface area (Å²) < 4.78 is 92.2. The summed E-state index contributed by atoms with van der Waals surface area (Å²) in [5, 5.41) is 2.49. The molecule has 1 N–H and O–H groups in total. The van der Waals surface area contributed by atoms with Crippen LogP contribution in [0.3, 0.4) is 0 Å². The third kappa shape index (κ3) is 6.02. The van der Waals surface area contributed by atoms with Gasteiger partial charge >= 0.3 is 6.18 Å². The normalized spacial score (nSPS) is 18.6. The van der Waals surface area contributed by atoms with Crippen LogP contribution in [-0.2, 0) is 27.5 Å². The van der Waals surface area contributed by atoms with Crippen molar-refractivity contribution in [1.29, 1.82) is 0 Å². The lowest BCUT2D eigenvalue weighted by Crippen LogP contribution is -2.45. The zero-order valence-electron chi connectivity index (χ0n) is 18.6. The zero-order valence-corrected chi connectivity index (χ0v) is 20.2. The Kier molecular flexibility index (Phi) is 7.44. The molecule has 1 aromatic carbocycles. The number of aromatic nitrogens is 3. The van der Waals surface area contributed by atoms with Crippen molar-refractivity contribution in [3.8, 4) is 11.3 Å². The van der Waals surface area contributed by atoms with Gasteiger partial charge in [0, 0.05) is 37.5 Å². The number of carbonyl (C=O) groups excluding carboxylic acids is 1. The molecule has 1 aliphatic rings. The first-order valence-corrected chi connectivity index (χ1v) is 12.4. The molecule has 0 aliphatic carbocycles. The summed E-state index contributed by atoms with van der Waals surface area (Å²) in [5.41, 5.74) is 0.650. The standard InChI is InChI=1S/C22H17ClF5N5O3S/c23-19-6-12(5-17(32-19)13-9-30-21(31-10-13)22(26,27)28)8-29-20(34)18-7-15(25)11-33(18)37(35,36)16-3-1-14(24)2-4-16/h1-6,9-10,15,18H,7-8,11H2,(H,29,34). The fourth-order valence-electron chi connectivity index (χ4n) is 3.72. The van der Waals surface area contributed by atoms with Gasteiger partial charge in [0.05, 0.1) is 10.6 Å². The summed E-state index contributed by atoms with van der Waals surface area (Å²) in [7, 11) is -4.29. The maximum absolute atomic E-state index is 14.2. The predicted molar refractivity (Wildman–Crippen MR) is 121 cm³/mol. The molecule has 37 heavy (non-hydrogen) atoms. The zero-order chi connectivity index (χ0) is 27.0. The van der Waals surface area contributed by atoms with Gasteiger partial charge in [0.15, 0.2) is 0 Å². The number of hydrogen-bond donors (Lipinski definition) is 1. The fourth-order valence-corrected chi connectivity index (χ4v) is 5.57. The minimum atomic E-state index is -4.72. The Hall–Kier alpha value is -3.23. The van der Waals surface area contributed by atoms with E-state index in [0.29, 0.717) is 5.56 Å². The second-order valence-corrected chi connectivity index (χ2v) is 10.3. The quantitative estimate of drug-likeness (QED) is 0.363. The molecular weight excluding hydrogens is 545 g/mol. The van der Waals surface area contributed by atoms with Gasteiger partial charge in [0.25, 0.3) is 0 Å². The van der Waals surface area contributed by atoms with Gasteiger partial charge in [0.1, 0.15) is 23.2 Å². The number of benzene rings is 1. The van der Waals surface area contributed by atoms with Crippen LogP contribution in [0.2, 0.25) is 5.15 Å². The van der Waals surface area contributed by atoms with Gasteiger partial charge in [-0.3, -0.25) is 4.79 Å². The van der Waals surface area contributed by atoms with E-state index in [1.807, 2.05) is 0 Å². The highest BCUT2D eigenvalue weighted by atomic mass is 35.5. The fraction of sp³-hybridized carbons (Fsp3) is 0.273. The topological polar surface area (TPSA) is 105 Å². The molecular formula is C22H17ClF5N5O3S. The monoisotopic (exact) mass is 561 g/mol. The van der Waals surface area contributed by atoms with Crippen LogP contribution in [0.4, 0.5) is 22.0 Å². The average molecular weight is 562 g/mol. The number of sulfonamides is 1. The number of hydrogen-bond acceptors (Lipinski definition) is 6. The van der Waals surface area contributed by atoms with Gasteiger partial charge in [-0.25, -0.2) is 32.2 Å². The third-order valence-electron chi connectivity index (χ3n) is 5.45. The number of amides is 1. The minimum absolute atomic E-state index is 0.0353. The Labute approximate surface area is 212 Å². The van der Waals surface area contributed by atoms with E-state index >= 15 is 0 Å². The molecule has 0 saturated carbocycles. The molecule has 2 aromatic heterocycles. The van der Waals surface area contributed by atoms with E-state index in [-0.39, 0.29) is 34.3 Å². The van der Waals surface area contributed by atoms with E-state index in [1.165, 1.54) is 12.1 Å².